The molecule has 2 aliphatic rings. The number of anilines is 2. The minimum absolute atomic E-state index is 0.0672. The largest absolute Gasteiger partial charge is 0.296 e. The van der Waals surface area contributed by atoms with Crippen molar-refractivity contribution in [3.05, 3.63) is 153 Å². The van der Waals surface area contributed by atoms with Crippen LogP contribution in [0.1, 0.15) is 34.8 Å². The molecule has 222 valence electrons. The summed E-state index contributed by atoms with van der Waals surface area (Å²) >= 11 is 6.84. The molecule has 7 rings (SSSR count). The summed E-state index contributed by atoms with van der Waals surface area (Å²) in [5, 5.41) is 7.13. The second-order valence-electron chi connectivity index (χ2n) is 10.9. The molecule has 0 spiro atoms. The number of thiocarbonyl (C=S) groups is 1. The summed E-state index contributed by atoms with van der Waals surface area (Å²) in [4.78, 5) is 29.1. The van der Waals surface area contributed by atoms with E-state index in [0.717, 1.165) is 28.9 Å². The molecule has 0 N–H and O–H groups in total. The van der Waals surface area contributed by atoms with Gasteiger partial charge in [0, 0.05) is 13.5 Å². The van der Waals surface area contributed by atoms with Crippen LogP contribution in [0.4, 0.5) is 11.4 Å². The van der Waals surface area contributed by atoms with Crippen molar-refractivity contribution in [1.29, 1.82) is 0 Å². The van der Waals surface area contributed by atoms with Gasteiger partial charge in [0.25, 0.3) is 11.5 Å². The molecule has 4 aromatic carbocycles. The van der Waals surface area contributed by atoms with Gasteiger partial charge in [-0.1, -0.05) is 115 Å². The Balaban J connectivity index is 1.17. The number of hydrazone groups is 1. The molecular weight excluding hydrogens is 599 g/mol. The molecule has 45 heavy (non-hydrogen) atoms. The van der Waals surface area contributed by atoms with Gasteiger partial charge in [-0.05, 0) is 54.0 Å². The number of rotatable bonds is 6. The van der Waals surface area contributed by atoms with Crippen molar-refractivity contribution in [2.75, 3.05) is 9.91 Å². The zero-order chi connectivity index (χ0) is 31.1. The molecule has 2 aliphatic heterocycles. The van der Waals surface area contributed by atoms with Gasteiger partial charge in [-0.3, -0.25) is 24.2 Å². The van der Waals surface area contributed by atoms with Crippen LogP contribution in [0, 0.1) is 6.92 Å². The highest BCUT2D eigenvalue weighted by atomic mass is 32.2. The maximum atomic E-state index is 13.7. The van der Waals surface area contributed by atoms with E-state index in [1.54, 1.807) is 16.4 Å². The van der Waals surface area contributed by atoms with Gasteiger partial charge in [0.05, 0.1) is 33.7 Å². The van der Waals surface area contributed by atoms with Crippen molar-refractivity contribution in [1.82, 2.24) is 9.36 Å². The van der Waals surface area contributed by atoms with E-state index in [1.165, 1.54) is 22.2 Å². The first kappa shape index (κ1) is 28.8. The van der Waals surface area contributed by atoms with Crippen molar-refractivity contribution in [3.8, 4) is 5.69 Å². The summed E-state index contributed by atoms with van der Waals surface area (Å²) in [6.45, 7) is 1.82. The monoisotopic (exact) mass is 627 g/mol. The van der Waals surface area contributed by atoms with Crippen molar-refractivity contribution in [2.45, 2.75) is 19.4 Å². The topological polar surface area (TPSA) is 62.8 Å². The molecule has 1 unspecified atom stereocenters. The standard InChI is InChI=1S/C36H29N5O2S2/c1-24-33(35(43)41(38(24)2)29-16-10-5-11-17-29)39-34(42)32(45-36(39)44)22-25-18-20-28(21-19-25)40-31(27-14-8-4-9-15-27)23-30(37-40)26-12-6-3-7-13-26/h3-22,31H,23H2,1-2H3/b32-22-. The minimum atomic E-state index is -0.305. The number of hydrogen-bond acceptors (Lipinski definition) is 6. The van der Waals surface area contributed by atoms with Gasteiger partial charge in [0.15, 0.2) is 4.32 Å². The van der Waals surface area contributed by atoms with Crippen LogP contribution in [-0.4, -0.2) is 25.3 Å². The second-order valence-corrected chi connectivity index (χ2v) is 12.6. The number of para-hydroxylation sites is 1. The Hall–Kier alpha value is -4.99. The lowest BCUT2D eigenvalue weighted by Crippen LogP contribution is -2.33. The zero-order valence-electron chi connectivity index (χ0n) is 24.7. The molecule has 1 saturated heterocycles. The first-order valence-electron chi connectivity index (χ1n) is 14.6. The molecular formula is C36H29N5O2S2. The van der Waals surface area contributed by atoms with E-state index in [-0.39, 0.29) is 23.2 Å². The van der Waals surface area contributed by atoms with Gasteiger partial charge < -0.3 is 0 Å². The quantitative estimate of drug-likeness (QED) is 0.147. The summed E-state index contributed by atoms with van der Waals surface area (Å²) in [6, 6.07) is 38.1. The predicted octanol–water partition coefficient (Wildman–Crippen LogP) is 7.25. The molecule has 0 bridgehead atoms. The molecule has 1 amide bonds. The predicted molar refractivity (Wildman–Crippen MR) is 187 cm³/mol. The molecule has 1 fully saturated rings. The van der Waals surface area contributed by atoms with E-state index in [0.29, 0.717) is 20.6 Å². The van der Waals surface area contributed by atoms with E-state index in [1.807, 2.05) is 91.9 Å². The summed E-state index contributed by atoms with van der Waals surface area (Å²) in [6.07, 6.45) is 2.62. The van der Waals surface area contributed by atoms with Crippen molar-refractivity contribution in [2.24, 2.45) is 12.1 Å². The van der Waals surface area contributed by atoms with E-state index in [9.17, 15) is 9.59 Å². The van der Waals surface area contributed by atoms with E-state index in [2.05, 4.69) is 41.4 Å². The Morgan fingerprint density at radius 2 is 1.44 bits per heavy atom. The summed E-state index contributed by atoms with van der Waals surface area (Å²) in [7, 11) is 1.80. The van der Waals surface area contributed by atoms with E-state index < -0.39 is 0 Å². The maximum absolute atomic E-state index is 13.7. The van der Waals surface area contributed by atoms with Crippen LogP contribution >= 0.6 is 24.0 Å². The Labute approximate surface area is 270 Å². The van der Waals surface area contributed by atoms with Crippen LogP contribution < -0.4 is 15.5 Å². The first-order valence-corrected chi connectivity index (χ1v) is 15.8. The number of benzene rings is 4. The number of hydrogen-bond donors (Lipinski definition) is 0. The van der Waals surface area contributed by atoms with Crippen LogP contribution in [0.3, 0.4) is 0 Å². The number of amides is 1. The maximum Gasteiger partial charge on any atom is 0.296 e. The second kappa shape index (κ2) is 11.8. The average molecular weight is 628 g/mol. The number of thioether (sulfide) groups is 1. The molecule has 1 aromatic heterocycles. The third-order valence-electron chi connectivity index (χ3n) is 8.20. The Kier molecular flexibility index (Phi) is 7.56. The summed E-state index contributed by atoms with van der Waals surface area (Å²) in [5.74, 6) is -0.305. The lowest BCUT2D eigenvalue weighted by Gasteiger charge is -2.24. The van der Waals surface area contributed by atoms with Crippen LogP contribution in [0.5, 0.6) is 0 Å². The van der Waals surface area contributed by atoms with E-state index in [4.69, 9.17) is 17.3 Å². The Morgan fingerprint density at radius 3 is 2.11 bits per heavy atom. The molecule has 0 radical (unpaired) electrons. The minimum Gasteiger partial charge on any atom is -0.283 e. The third-order valence-corrected chi connectivity index (χ3v) is 9.50. The number of aromatic nitrogens is 2. The van der Waals surface area contributed by atoms with Gasteiger partial charge >= 0.3 is 0 Å². The fourth-order valence-electron chi connectivity index (χ4n) is 5.84. The molecule has 0 saturated carbocycles. The van der Waals surface area contributed by atoms with Gasteiger partial charge in [-0.15, -0.1) is 0 Å². The van der Waals surface area contributed by atoms with E-state index >= 15 is 0 Å². The molecule has 7 nitrogen and oxygen atoms in total. The number of carbonyl (C=O) groups excluding carboxylic acids is 1. The first-order chi connectivity index (χ1) is 21.9. The third kappa shape index (κ3) is 5.24. The van der Waals surface area contributed by atoms with Crippen molar-refractivity contribution < 1.29 is 4.79 Å². The lowest BCUT2D eigenvalue weighted by molar-refractivity contribution is -0.113. The molecule has 9 heteroatoms. The van der Waals surface area contributed by atoms with Gasteiger partial charge in [-0.25, -0.2) is 4.68 Å². The van der Waals surface area contributed by atoms with Crippen molar-refractivity contribution >= 4 is 57.4 Å². The molecule has 1 atom stereocenters. The van der Waals surface area contributed by atoms with Crippen molar-refractivity contribution in [3.63, 3.8) is 0 Å². The van der Waals surface area contributed by atoms with Crippen LogP contribution in [0.15, 0.2) is 130 Å². The highest BCUT2D eigenvalue weighted by Crippen LogP contribution is 2.39. The normalized spacial score (nSPS) is 17.4. The number of nitrogens with zero attached hydrogens (tertiary/aromatic N) is 5. The smallest absolute Gasteiger partial charge is 0.283 e. The van der Waals surface area contributed by atoms with Crippen LogP contribution in [-0.2, 0) is 11.8 Å². The summed E-state index contributed by atoms with van der Waals surface area (Å²) in [5.41, 5.74) is 6.51. The zero-order valence-corrected chi connectivity index (χ0v) is 26.3. The highest BCUT2D eigenvalue weighted by molar-refractivity contribution is 8.27. The molecule has 5 aromatic rings. The Bertz CT molecular complexity index is 2030. The van der Waals surface area contributed by atoms with Crippen LogP contribution in [0.25, 0.3) is 11.8 Å². The fraction of sp³-hybridized carbons (Fsp3) is 0.111. The van der Waals surface area contributed by atoms with Gasteiger partial charge in [0.1, 0.15) is 5.69 Å². The van der Waals surface area contributed by atoms with Gasteiger partial charge in [-0.2, -0.15) is 5.10 Å². The fourth-order valence-corrected chi connectivity index (χ4v) is 7.11. The average Bonchev–Trinajstić information content (AvgIpc) is 3.70. The molecule has 3 heterocycles. The summed E-state index contributed by atoms with van der Waals surface area (Å²) < 4.78 is 3.64. The van der Waals surface area contributed by atoms with Crippen LogP contribution in [0.2, 0.25) is 0 Å². The SMILES string of the molecule is Cc1c(N2C(=O)/C(=C/c3ccc(N4N=C(c5ccccc5)CC4c4ccccc4)cc3)SC2=S)c(=O)n(-c2ccccc2)n1C. The lowest BCUT2D eigenvalue weighted by atomic mass is 9.98. The Morgan fingerprint density at radius 1 is 0.822 bits per heavy atom. The van der Waals surface area contributed by atoms with Gasteiger partial charge in [0.2, 0.25) is 0 Å². The molecule has 0 aliphatic carbocycles. The number of carbonyl (C=O) groups is 1. The highest BCUT2D eigenvalue weighted by Gasteiger charge is 2.38.